The Kier molecular flexibility index (Phi) is 4.06. The fraction of sp³-hybridized carbons (Fsp3) is 0.500. The number of carboxylic acid groups (broad SMARTS) is 1. The first-order valence-electron chi connectivity index (χ1n) is 5.01. The first kappa shape index (κ1) is 13.4. The Hall–Kier alpha value is -1.63. The van der Waals surface area contributed by atoms with Crippen molar-refractivity contribution in [3.63, 3.8) is 0 Å². The number of hydrogen-bond acceptors (Lipinski definition) is 4. The molecule has 1 aromatic heterocycles. The van der Waals surface area contributed by atoms with Crippen LogP contribution in [-0.2, 0) is 10.2 Å². The van der Waals surface area contributed by atoms with Crippen molar-refractivity contribution in [2.45, 2.75) is 26.2 Å². The van der Waals surface area contributed by atoms with Crippen LogP contribution in [0.25, 0.3) is 0 Å². The Morgan fingerprint density at radius 3 is 2.59 bits per heavy atom. The van der Waals surface area contributed by atoms with E-state index in [1.54, 1.807) is 0 Å². The molecule has 0 aliphatic heterocycles. The minimum Gasteiger partial charge on any atom is -0.480 e. The monoisotopic (exact) mass is 257 g/mol. The van der Waals surface area contributed by atoms with Crippen molar-refractivity contribution in [1.29, 1.82) is 0 Å². The molecule has 1 rings (SSSR count). The molecule has 2 amide bonds. The smallest absolute Gasteiger partial charge is 0.323 e. The molecule has 17 heavy (non-hydrogen) atoms. The van der Waals surface area contributed by atoms with E-state index in [0.29, 0.717) is 5.13 Å². The molecule has 0 bridgehead atoms. The summed E-state index contributed by atoms with van der Waals surface area (Å²) in [6.45, 7) is 5.66. The molecule has 3 N–H and O–H groups in total. The molecular weight excluding hydrogens is 242 g/mol. The van der Waals surface area contributed by atoms with Crippen LogP contribution in [0.2, 0.25) is 0 Å². The van der Waals surface area contributed by atoms with Crippen LogP contribution in [-0.4, -0.2) is 28.6 Å². The maximum absolute atomic E-state index is 11.3. The van der Waals surface area contributed by atoms with E-state index in [1.807, 2.05) is 26.2 Å². The van der Waals surface area contributed by atoms with E-state index in [1.165, 1.54) is 11.3 Å². The summed E-state index contributed by atoms with van der Waals surface area (Å²) >= 11 is 1.31. The highest BCUT2D eigenvalue weighted by atomic mass is 32.1. The molecule has 0 saturated heterocycles. The zero-order chi connectivity index (χ0) is 13.1. The third kappa shape index (κ3) is 4.39. The van der Waals surface area contributed by atoms with Crippen molar-refractivity contribution in [1.82, 2.24) is 10.3 Å². The number of carboxylic acids is 1. The summed E-state index contributed by atoms with van der Waals surface area (Å²) in [5.41, 5.74) is 0.810. The molecule has 1 aromatic rings. The van der Waals surface area contributed by atoms with E-state index in [0.717, 1.165) is 5.69 Å². The summed E-state index contributed by atoms with van der Waals surface area (Å²) in [7, 11) is 0. The SMILES string of the molecule is CC(C)(C)c1csc(NC(=O)NCC(=O)O)n1. The highest BCUT2D eigenvalue weighted by Gasteiger charge is 2.18. The summed E-state index contributed by atoms with van der Waals surface area (Å²) in [5, 5.41) is 15.4. The van der Waals surface area contributed by atoms with Gasteiger partial charge in [0, 0.05) is 10.8 Å². The van der Waals surface area contributed by atoms with Crippen molar-refractivity contribution in [2.24, 2.45) is 0 Å². The zero-order valence-corrected chi connectivity index (χ0v) is 10.7. The average molecular weight is 257 g/mol. The molecule has 0 aromatic carbocycles. The van der Waals surface area contributed by atoms with E-state index >= 15 is 0 Å². The number of rotatable bonds is 3. The minimum absolute atomic E-state index is 0.0754. The first-order chi connectivity index (χ1) is 7.79. The normalized spacial score (nSPS) is 11.0. The lowest BCUT2D eigenvalue weighted by atomic mass is 9.93. The zero-order valence-electron chi connectivity index (χ0n) is 9.90. The van der Waals surface area contributed by atoms with Crippen LogP contribution >= 0.6 is 11.3 Å². The third-order valence-corrected chi connectivity index (χ3v) is 2.65. The molecule has 0 saturated carbocycles. The number of thiazole rings is 1. The second-order valence-corrected chi connectivity index (χ2v) is 5.35. The van der Waals surface area contributed by atoms with Gasteiger partial charge in [-0.05, 0) is 0 Å². The minimum atomic E-state index is -1.09. The molecule has 0 spiro atoms. The van der Waals surface area contributed by atoms with E-state index < -0.39 is 18.5 Å². The fourth-order valence-electron chi connectivity index (χ4n) is 0.973. The largest absolute Gasteiger partial charge is 0.480 e. The van der Waals surface area contributed by atoms with Gasteiger partial charge in [0.25, 0.3) is 0 Å². The lowest BCUT2D eigenvalue weighted by molar-refractivity contribution is -0.135. The van der Waals surface area contributed by atoms with Crippen LogP contribution in [0.4, 0.5) is 9.93 Å². The molecule has 0 aliphatic carbocycles. The van der Waals surface area contributed by atoms with Gasteiger partial charge < -0.3 is 10.4 Å². The highest BCUT2D eigenvalue weighted by molar-refractivity contribution is 7.13. The van der Waals surface area contributed by atoms with Crippen LogP contribution in [0.15, 0.2) is 5.38 Å². The standard InChI is InChI=1S/C10H15N3O3S/c1-10(2,3)6-5-17-9(12-6)13-8(16)11-4-7(14)15/h5H,4H2,1-3H3,(H,14,15)(H2,11,12,13,16). The summed E-state index contributed by atoms with van der Waals surface area (Å²) in [4.78, 5) is 25.7. The molecule has 94 valence electrons. The maximum atomic E-state index is 11.3. The van der Waals surface area contributed by atoms with Crippen molar-refractivity contribution >= 4 is 28.5 Å². The van der Waals surface area contributed by atoms with Gasteiger partial charge in [0.15, 0.2) is 5.13 Å². The number of hydrogen-bond donors (Lipinski definition) is 3. The Balaban J connectivity index is 2.55. The number of aromatic nitrogens is 1. The molecule has 0 atom stereocenters. The summed E-state index contributed by atoms with van der Waals surface area (Å²) in [5.74, 6) is -1.09. The van der Waals surface area contributed by atoms with Crippen LogP contribution in [0.5, 0.6) is 0 Å². The number of urea groups is 1. The topological polar surface area (TPSA) is 91.3 Å². The van der Waals surface area contributed by atoms with Gasteiger partial charge in [-0.1, -0.05) is 20.8 Å². The van der Waals surface area contributed by atoms with Crippen LogP contribution < -0.4 is 10.6 Å². The highest BCUT2D eigenvalue weighted by Crippen LogP contribution is 2.26. The Bertz CT molecular complexity index is 423. The molecule has 0 fully saturated rings. The molecule has 0 radical (unpaired) electrons. The van der Waals surface area contributed by atoms with Crippen molar-refractivity contribution in [3.8, 4) is 0 Å². The van der Waals surface area contributed by atoms with Gasteiger partial charge in [0.1, 0.15) is 6.54 Å². The Morgan fingerprint density at radius 2 is 2.12 bits per heavy atom. The van der Waals surface area contributed by atoms with Gasteiger partial charge in [0.2, 0.25) is 0 Å². The number of amides is 2. The van der Waals surface area contributed by atoms with Gasteiger partial charge in [0.05, 0.1) is 5.69 Å². The summed E-state index contributed by atoms with van der Waals surface area (Å²) < 4.78 is 0. The van der Waals surface area contributed by atoms with E-state index in [9.17, 15) is 9.59 Å². The molecule has 6 nitrogen and oxygen atoms in total. The predicted octanol–water partition coefficient (Wildman–Crippen LogP) is 1.65. The van der Waals surface area contributed by atoms with Gasteiger partial charge in [-0.25, -0.2) is 9.78 Å². The summed E-state index contributed by atoms with van der Waals surface area (Å²) in [6.07, 6.45) is 0. The van der Waals surface area contributed by atoms with E-state index in [4.69, 9.17) is 5.11 Å². The second-order valence-electron chi connectivity index (χ2n) is 4.49. The Labute approximate surface area is 103 Å². The van der Waals surface area contributed by atoms with Gasteiger partial charge in [-0.2, -0.15) is 0 Å². The van der Waals surface area contributed by atoms with Gasteiger partial charge in [-0.3, -0.25) is 10.1 Å². The first-order valence-corrected chi connectivity index (χ1v) is 5.89. The van der Waals surface area contributed by atoms with Crippen molar-refractivity contribution in [3.05, 3.63) is 11.1 Å². The van der Waals surface area contributed by atoms with Gasteiger partial charge in [-0.15, -0.1) is 11.3 Å². The number of carbonyl (C=O) groups is 2. The van der Waals surface area contributed by atoms with Gasteiger partial charge >= 0.3 is 12.0 Å². The number of aliphatic carboxylic acids is 1. The summed E-state index contributed by atoms with van der Waals surface area (Å²) in [6, 6.07) is -0.567. The van der Waals surface area contributed by atoms with Crippen molar-refractivity contribution in [2.75, 3.05) is 11.9 Å². The third-order valence-electron chi connectivity index (χ3n) is 1.89. The van der Waals surface area contributed by atoms with E-state index in [-0.39, 0.29) is 5.41 Å². The molecule has 0 unspecified atom stereocenters. The lowest BCUT2D eigenvalue weighted by Crippen LogP contribution is -2.33. The molecule has 0 aliphatic rings. The fourth-order valence-corrected chi connectivity index (χ4v) is 1.91. The van der Waals surface area contributed by atoms with Crippen molar-refractivity contribution < 1.29 is 14.7 Å². The Morgan fingerprint density at radius 1 is 1.47 bits per heavy atom. The average Bonchev–Trinajstić information content (AvgIpc) is 2.62. The number of carbonyl (C=O) groups excluding carboxylic acids is 1. The predicted molar refractivity (Wildman–Crippen MR) is 65.5 cm³/mol. The van der Waals surface area contributed by atoms with Crippen LogP contribution in [0, 0.1) is 0 Å². The quantitative estimate of drug-likeness (QED) is 0.767. The number of nitrogens with zero attached hydrogens (tertiary/aromatic N) is 1. The number of anilines is 1. The molecular formula is C10H15N3O3S. The van der Waals surface area contributed by atoms with Crippen LogP contribution in [0.1, 0.15) is 26.5 Å². The van der Waals surface area contributed by atoms with E-state index in [2.05, 4.69) is 15.6 Å². The molecule has 7 heteroatoms. The van der Waals surface area contributed by atoms with Crippen LogP contribution in [0.3, 0.4) is 0 Å². The lowest BCUT2D eigenvalue weighted by Gasteiger charge is -2.14. The molecule has 1 heterocycles. The maximum Gasteiger partial charge on any atom is 0.323 e. The number of nitrogens with one attached hydrogen (secondary N) is 2. The second kappa shape index (κ2) is 5.13.